The molecular weight excluding hydrogens is 272 g/mol. The molecule has 6 nitrogen and oxygen atoms in total. The second-order valence-electron chi connectivity index (χ2n) is 6.68. The summed E-state index contributed by atoms with van der Waals surface area (Å²) in [6, 6.07) is 0.108. The second-order valence-corrected chi connectivity index (χ2v) is 6.68. The molecule has 0 spiro atoms. The summed E-state index contributed by atoms with van der Waals surface area (Å²) in [5.74, 6) is -1.10. The van der Waals surface area contributed by atoms with E-state index in [-0.39, 0.29) is 30.2 Å². The Balaban J connectivity index is 2.44. The molecule has 0 radical (unpaired) electrons. The van der Waals surface area contributed by atoms with E-state index in [2.05, 4.69) is 5.32 Å². The first kappa shape index (κ1) is 17.5. The van der Waals surface area contributed by atoms with E-state index in [4.69, 9.17) is 5.11 Å². The lowest BCUT2D eigenvalue weighted by atomic mass is 9.88. The molecule has 0 bridgehead atoms. The Bertz CT molecular complexity index is 410. The fraction of sp³-hybridized carbons (Fsp3) is 0.800. The summed E-state index contributed by atoms with van der Waals surface area (Å²) >= 11 is 0. The Morgan fingerprint density at radius 1 is 1.24 bits per heavy atom. The molecular formula is C15H26N2O4. The minimum absolute atomic E-state index is 0.00531. The Kier molecular flexibility index (Phi) is 5.75. The van der Waals surface area contributed by atoms with Gasteiger partial charge in [0, 0.05) is 31.5 Å². The summed E-state index contributed by atoms with van der Waals surface area (Å²) in [5.41, 5.74) is -1.04. The van der Waals surface area contributed by atoms with Crippen LogP contribution in [0.1, 0.15) is 47.0 Å². The number of hydrogen-bond donors (Lipinski definition) is 2. The summed E-state index contributed by atoms with van der Waals surface area (Å²) in [6.07, 6.45) is 1.45. The van der Waals surface area contributed by atoms with Gasteiger partial charge in [-0.3, -0.25) is 14.4 Å². The molecule has 2 amide bonds. The number of aliphatic carboxylic acids is 1. The average molecular weight is 298 g/mol. The number of nitrogens with zero attached hydrogens (tertiary/aromatic N) is 1. The highest BCUT2D eigenvalue weighted by Gasteiger charge is 2.33. The molecule has 0 aromatic carbocycles. The van der Waals surface area contributed by atoms with Crippen molar-refractivity contribution < 1.29 is 19.5 Å². The first-order valence-electron chi connectivity index (χ1n) is 7.45. The molecule has 0 aliphatic carbocycles. The zero-order valence-corrected chi connectivity index (χ0v) is 13.3. The number of nitrogens with one attached hydrogen (secondary N) is 1. The second kappa shape index (κ2) is 6.91. The standard InChI is InChI=1S/C15H26N2O4/c1-10(2)13(19)16-11-5-7-17(8-6-11)12(18)9-15(3,4)14(20)21/h10-11H,5-9H2,1-4H3,(H,16,19)(H,20,21). The summed E-state index contributed by atoms with van der Waals surface area (Å²) < 4.78 is 0. The highest BCUT2D eigenvalue weighted by Crippen LogP contribution is 2.23. The van der Waals surface area contributed by atoms with E-state index in [0.29, 0.717) is 13.1 Å². The summed E-state index contributed by atoms with van der Waals surface area (Å²) in [7, 11) is 0. The van der Waals surface area contributed by atoms with Crippen LogP contribution in [0, 0.1) is 11.3 Å². The van der Waals surface area contributed by atoms with Gasteiger partial charge >= 0.3 is 5.97 Å². The molecule has 21 heavy (non-hydrogen) atoms. The van der Waals surface area contributed by atoms with E-state index >= 15 is 0 Å². The van der Waals surface area contributed by atoms with Crippen molar-refractivity contribution in [2.24, 2.45) is 11.3 Å². The van der Waals surface area contributed by atoms with Crippen LogP contribution in [-0.2, 0) is 14.4 Å². The molecule has 0 saturated carbocycles. The third-order valence-electron chi connectivity index (χ3n) is 3.89. The zero-order chi connectivity index (χ0) is 16.2. The minimum atomic E-state index is -1.04. The third kappa shape index (κ3) is 5.02. The summed E-state index contributed by atoms with van der Waals surface area (Å²) in [6.45, 7) is 7.95. The molecule has 6 heteroatoms. The molecule has 120 valence electrons. The molecule has 0 aromatic heterocycles. The molecule has 0 atom stereocenters. The molecule has 1 aliphatic rings. The number of rotatable bonds is 5. The van der Waals surface area contributed by atoms with Gasteiger partial charge in [-0.05, 0) is 26.7 Å². The molecule has 1 aliphatic heterocycles. The van der Waals surface area contributed by atoms with Crippen LogP contribution in [0.2, 0.25) is 0 Å². The van der Waals surface area contributed by atoms with Gasteiger partial charge in [0.15, 0.2) is 0 Å². The van der Waals surface area contributed by atoms with Crippen LogP contribution < -0.4 is 5.32 Å². The number of carboxylic acid groups (broad SMARTS) is 1. The SMILES string of the molecule is CC(C)C(=O)NC1CCN(C(=O)CC(C)(C)C(=O)O)CC1. The first-order valence-corrected chi connectivity index (χ1v) is 7.45. The van der Waals surface area contributed by atoms with E-state index in [9.17, 15) is 14.4 Å². The molecule has 2 N–H and O–H groups in total. The lowest BCUT2D eigenvalue weighted by molar-refractivity contribution is -0.151. The van der Waals surface area contributed by atoms with Gasteiger partial charge in [0.05, 0.1) is 5.41 Å². The van der Waals surface area contributed by atoms with Crippen LogP contribution in [0.15, 0.2) is 0 Å². The van der Waals surface area contributed by atoms with Crippen molar-refractivity contribution in [1.82, 2.24) is 10.2 Å². The van der Waals surface area contributed by atoms with Crippen LogP contribution in [0.5, 0.6) is 0 Å². The van der Waals surface area contributed by atoms with E-state index in [1.165, 1.54) is 0 Å². The predicted octanol–water partition coefficient (Wildman–Crippen LogP) is 1.25. The van der Waals surface area contributed by atoms with Gasteiger partial charge < -0.3 is 15.3 Å². The van der Waals surface area contributed by atoms with Gasteiger partial charge in [-0.15, -0.1) is 0 Å². The number of amides is 2. The highest BCUT2D eigenvalue weighted by molar-refractivity contribution is 5.84. The van der Waals surface area contributed by atoms with Crippen LogP contribution in [-0.4, -0.2) is 46.9 Å². The number of piperidine rings is 1. The Morgan fingerprint density at radius 3 is 2.19 bits per heavy atom. The van der Waals surface area contributed by atoms with Crippen molar-refractivity contribution in [3.05, 3.63) is 0 Å². The average Bonchev–Trinajstić information content (AvgIpc) is 2.38. The largest absolute Gasteiger partial charge is 0.481 e. The van der Waals surface area contributed by atoms with Crippen molar-refractivity contribution in [1.29, 1.82) is 0 Å². The van der Waals surface area contributed by atoms with Crippen molar-refractivity contribution >= 4 is 17.8 Å². The van der Waals surface area contributed by atoms with E-state index in [1.807, 2.05) is 13.8 Å². The van der Waals surface area contributed by atoms with Gasteiger partial charge in [0.25, 0.3) is 0 Å². The van der Waals surface area contributed by atoms with Gasteiger partial charge in [-0.1, -0.05) is 13.8 Å². The van der Waals surface area contributed by atoms with Crippen LogP contribution >= 0.6 is 0 Å². The number of hydrogen-bond acceptors (Lipinski definition) is 3. The summed E-state index contributed by atoms with van der Waals surface area (Å²) in [5, 5.41) is 12.0. The number of likely N-dealkylation sites (tertiary alicyclic amines) is 1. The molecule has 0 unspecified atom stereocenters. The molecule has 1 saturated heterocycles. The smallest absolute Gasteiger partial charge is 0.309 e. The van der Waals surface area contributed by atoms with Crippen LogP contribution in [0.4, 0.5) is 0 Å². The van der Waals surface area contributed by atoms with Gasteiger partial charge in [-0.25, -0.2) is 0 Å². The van der Waals surface area contributed by atoms with Gasteiger partial charge in [-0.2, -0.15) is 0 Å². The molecule has 1 heterocycles. The molecule has 1 rings (SSSR count). The molecule has 0 aromatic rings. The van der Waals surface area contributed by atoms with E-state index in [1.54, 1.807) is 18.7 Å². The maximum absolute atomic E-state index is 12.1. The monoisotopic (exact) mass is 298 g/mol. The van der Waals surface area contributed by atoms with Crippen molar-refractivity contribution in [2.75, 3.05) is 13.1 Å². The quantitative estimate of drug-likeness (QED) is 0.799. The number of carbonyl (C=O) groups is 3. The van der Waals surface area contributed by atoms with Crippen LogP contribution in [0.3, 0.4) is 0 Å². The number of carboxylic acids is 1. The Hall–Kier alpha value is -1.59. The maximum atomic E-state index is 12.1. The predicted molar refractivity (Wildman–Crippen MR) is 78.6 cm³/mol. The van der Waals surface area contributed by atoms with Gasteiger partial charge in [0.1, 0.15) is 0 Å². The van der Waals surface area contributed by atoms with Crippen molar-refractivity contribution in [2.45, 2.75) is 53.0 Å². The fourth-order valence-corrected chi connectivity index (χ4v) is 2.21. The highest BCUT2D eigenvalue weighted by atomic mass is 16.4. The zero-order valence-electron chi connectivity index (χ0n) is 13.3. The topological polar surface area (TPSA) is 86.7 Å². The van der Waals surface area contributed by atoms with E-state index < -0.39 is 11.4 Å². The van der Waals surface area contributed by atoms with Crippen molar-refractivity contribution in [3.63, 3.8) is 0 Å². The van der Waals surface area contributed by atoms with E-state index in [0.717, 1.165) is 12.8 Å². The minimum Gasteiger partial charge on any atom is -0.481 e. The lowest BCUT2D eigenvalue weighted by Crippen LogP contribution is -2.48. The fourth-order valence-electron chi connectivity index (χ4n) is 2.21. The lowest BCUT2D eigenvalue weighted by Gasteiger charge is -2.34. The van der Waals surface area contributed by atoms with Gasteiger partial charge in [0.2, 0.25) is 11.8 Å². The van der Waals surface area contributed by atoms with Crippen molar-refractivity contribution in [3.8, 4) is 0 Å². The first-order chi connectivity index (χ1) is 9.63. The maximum Gasteiger partial charge on any atom is 0.309 e. The third-order valence-corrected chi connectivity index (χ3v) is 3.89. The number of carbonyl (C=O) groups excluding carboxylic acids is 2. The Morgan fingerprint density at radius 2 is 1.76 bits per heavy atom. The molecule has 1 fully saturated rings. The Labute approximate surface area is 125 Å². The van der Waals surface area contributed by atoms with Crippen LogP contribution in [0.25, 0.3) is 0 Å². The normalized spacial score (nSPS) is 16.9. The summed E-state index contributed by atoms with van der Waals surface area (Å²) in [4.78, 5) is 36.5.